The molecule has 1 N–H and O–H groups in total. The third-order valence-corrected chi connectivity index (χ3v) is 4.89. The molecule has 0 aliphatic heterocycles. The Morgan fingerprint density at radius 1 is 1.44 bits per heavy atom. The van der Waals surface area contributed by atoms with Gasteiger partial charge in [0.15, 0.2) is 0 Å². The molecule has 3 rings (SSSR count). The molecule has 0 saturated heterocycles. The molecule has 1 heterocycles. The Morgan fingerprint density at radius 2 is 2.19 bits per heavy atom. The standard InChI is InChI=1S/C10H16O.C3H4N2/c1-9(2)7-4-5-10(9,3)8(11)6-7;1-2-4-5-3-1/h7H,4-6H2,1-3H3;1-3H,(H,4,5)/t7-,10+;/m1./s1. The van der Waals surface area contributed by atoms with Gasteiger partial charge in [0.1, 0.15) is 5.78 Å². The molecule has 2 fully saturated rings. The highest BCUT2D eigenvalue weighted by Crippen LogP contribution is 2.63. The first kappa shape index (κ1) is 11.4. The number of ketones is 1. The number of H-pyrrole nitrogens is 1. The monoisotopic (exact) mass is 220 g/mol. The van der Waals surface area contributed by atoms with Gasteiger partial charge in [-0.3, -0.25) is 9.89 Å². The van der Waals surface area contributed by atoms with Crippen LogP contribution in [-0.2, 0) is 4.79 Å². The van der Waals surface area contributed by atoms with Gasteiger partial charge in [-0.2, -0.15) is 5.10 Å². The minimum Gasteiger partial charge on any atom is -0.299 e. The summed E-state index contributed by atoms with van der Waals surface area (Å²) in [7, 11) is 0. The Labute approximate surface area is 96.6 Å². The van der Waals surface area contributed by atoms with Crippen molar-refractivity contribution in [3.05, 3.63) is 18.5 Å². The lowest BCUT2D eigenvalue weighted by Gasteiger charge is -2.32. The number of hydrogen-bond donors (Lipinski definition) is 1. The molecule has 0 spiro atoms. The number of fused-ring (bicyclic) bond motifs is 2. The number of nitrogens with zero attached hydrogens (tertiary/aromatic N) is 1. The summed E-state index contributed by atoms with van der Waals surface area (Å²) in [5.74, 6) is 1.19. The molecule has 2 bridgehead atoms. The first-order valence-electron chi connectivity index (χ1n) is 5.95. The Balaban J connectivity index is 0.000000162. The van der Waals surface area contributed by atoms with Crippen LogP contribution in [0.5, 0.6) is 0 Å². The van der Waals surface area contributed by atoms with E-state index in [0.29, 0.717) is 11.7 Å². The molecule has 0 aromatic carbocycles. The van der Waals surface area contributed by atoms with Crippen molar-refractivity contribution in [3.8, 4) is 0 Å². The first-order chi connectivity index (χ1) is 7.48. The molecule has 0 amide bonds. The van der Waals surface area contributed by atoms with E-state index in [9.17, 15) is 4.79 Å². The number of carbonyl (C=O) groups excluding carboxylic acids is 1. The van der Waals surface area contributed by atoms with E-state index in [1.165, 1.54) is 6.42 Å². The van der Waals surface area contributed by atoms with E-state index < -0.39 is 0 Å². The lowest BCUT2D eigenvalue weighted by atomic mass is 9.70. The van der Waals surface area contributed by atoms with Crippen LogP contribution in [0.1, 0.15) is 40.0 Å². The number of aromatic amines is 1. The summed E-state index contributed by atoms with van der Waals surface area (Å²) in [6.07, 6.45) is 6.71. The van der Waals surface area contributed by atoms with Crippen molar-refractivity contribution in [2.75, 3.05) is 0 Å². The Bertz CT molecular complexity index is 352. The topological polar surface area (TPSA) is 45.8 Å². The van der Waals surface area contributed by atoms with Gasteiger partial charge in [-0.1, -0.05) is 20.8 Å². The van der Waals surface area contributed by atoms with Crippen LogP contribution in [0.2, 0.25) is 0 Å². The average molecular weight is 220 g/mol. The van der Waals surface area contributed by atoms with Crippen LogP contribution in [0.3, 0.4) is 0 Å². The van der Waals surface area contributed by atoms with E-state index in [1.54, 1.807) is 12.4 Å². The summed E-state index contributed by atoms with van der Waals surface area (Å²) in [5, 5.41) is 6.21. The molecule has 0 unspecified atom stereocenters. The van der Waals surface area contributed by atoms with Gasteiger partial charge in [0, 0.05) is 24.2 Å². The van der Waals surface area contributed by atoms with Crippen molar-refractivity contribution in [2.45, 2.75) is 40.0 Å². The van der Waals surface area contributed by atoms with Crippen LogP contribution in [0.15, 0.2) is 18.5 Å². The zero-order valence-electron chi connectivity index (χ0n) is 10.3. The molecule has 1 aromatic heterocycles. The Kier molecular flexibility index (Phi) is 2.64. The largest absolute Gasteiger partial charge is 0.299 e. The number of nitrogens with one attached hydrogen (secondary N) is 1. The number of carbonyl (C=O) groups is 1. The third kappa shape index (κ3) is 1.49. The minimum atomic E-state index is 0.0255. The summed E-state index contributed by atoms with van der Waals surface area (Å²) in [6.45, 7) is 6.67. The third-order valence-electron chi connectivity index (χ3n) is 4.89. The fourth-order valence-electron chi connectivity index (χ4n) is 3.12. The van der Waals surface area contributed by atoms with Gasteiger partial charge in [0.2, 0.25) is 0 Å². The fourth-order valence-corrected chi connectivity index (χ4v) is 3.12. The maximum atomic E-state index is 11.6. The van der Waals surface area contributed by atoms with Gasteiger partial charge in [0.05, 0.1) is 0 Å². The van der Waals surface area contributed by atoms with Crippen LogP contribution >= 0.6 is 0 Å². The summed E-state index contributed by atoms with van der Waals surface area (Å²) in [4.78, 5) is 11.6. The molecule has 2 atom stereocenters. The highest BCUT2D eigenvalue weighted by molar-refractivity contribution is 5.89. The van der Waals surface area contributed by atoms with Crippen LogP contribution < -0.4 is 0 Å². The summed E-state index contributed by atoms with van der Waals surface area (Å²) >= 11 is 0. The molecule has 1 aromatic rings. The van der Waals surface area contributed by atoms with Gasteiger partial charge in [-0.25, -0.2) is 0 Å². The van der Waals surface area contributed by atoms with Crippen molar-refractivity contribution < 1.29 is 4.79 Å². The maximum absolute atomic E-state index is 11.6. The van der Waals surface area contributed by atoms with Crippen molar-refractivity contribution in [1.29, 1.82) is 0 Å². The minimum absolute atomic E-state index is 0.0255. The van der Waals surface area contributed by atoms with E-state index in [1.807, 2.05) is 6.07 Å². The average Bonchev–Trinajstić information content (AvgIpc) is 2.88. The lowest BCUT2D eigenvalue weighted by molar-refractivity contribution is -0.128. The molecular formula is C13H20N2O. The normalized spacial score (nSPS) is 34.7. The molecule has 0 radical (unpaired) electrons. The van der Waals surface area contributed by atoms with Crippen LogP contribution in [0.25, 0.3) is 0 Å². The number of Topliss-reactive ketones (excluding diaryl/α,β-unsaturated/α-hetero) is 1. The first-order valence-corrected chi connectivity index (χ1v) is 5.95. The predicted molar refractivity (Wildman–Crippen MR) is 62.8 cm³/mol. The van der Waals surface area contributed by atoms with Crippen molar-refractivity contribution in [2.24, 2.45) is 16.7 Å². The van der Waals surface area contributed by atoms with E-state index in [0.717, 1.165) is 12.8 Å². The lowest BCUT2D eigenvalue weighted by Crippen LogP contribution is -2.32. The van der Waals surface area contributed by atoms with Crippen LogP contribution in [0.4, 0.5) is 0 Å². The maximum Gasteiger partial charge on any atom is 0.139 e. The van der Waals surface area contributed by atoms with Crippen molar-refractivity contribution in [3.63, 3.8) is 0 Å². The SMILES string of the molecule is CC1(C)[C@@H]2CC[C@@]1(C)C(=O)C2.c1cn[nH]c1. The quantitative estimate of drug-likeness (QED) is 0.730. The zero-order valence-corrected chi connectivity index (χ0v) is 10.3. The predicted octanol–water partition coefficient (Wildman–Crippen LogP) is 2.81. The van der Waals surface area contributed by atoms with Gasteiger partial charge in [-0.05, 0) is 30.2 Å². The van der Waals surface area contributed by atoms with Crippen LogP contribution in [0, 0.1) is 16.7 Å². The van der Waals surface area contributed by atoms with Gasteiger partial charge >= 0.3 is 0 Å². The fraction of sp³-hybridized carbons (Fsp3) is 0.692. The Hall–Kier alpha value is -1.12. The molecular weight excluding hydrogens is 200 g/mol. The second-order valence-corrected chi connectivity index (χ2v) is 5.68. The van der Waals surface area contributed by atoms with E-state index in [2.05, 4.69) is 31.0 Å². The van der Waals surface area contributed by atoms with E-state index in [-0.39, 0.29) is 10.8 Å². The molecule has 88 valence electrons. The summed E-state index contributed by atoms with van der Waals surface area (Å²) < 4.78 is 0. The molecule has 2 aliphatic rings. The number of hydrogen-bond acceptors (Lipinski definition) is 2. The van der Waals surface area contributed by atoms with E-state index >= 15 is 0 Å². The molecule has 3 nitrogen and oxygen atoms in total. The summed E-state index contributed by atoms with van der Waals surface area (Å²) in [6, 6.07) is 1.83. The second kappa shape index (κ2) is 3.72. The van der Waals surface area contributed by atoms with Gasteiger partial charge in [0.25, 0.3) is 0 Å². The molecule has 2 saturated carbocycles. The molecule has 16 heavy (non-hydrogen) atoms. The highest BCUT2D eigenvalue weighted by Gasteiger charge is 2.61. The van der Waals surface area contributed by atoms with Crippen molar-refractivity contribution >= 4 is 5.78 Å². The number of rotatable bonds is 0. The number of aromatic nitrogens is 2. The highest BCUT2D eigenvalue weighted by atomic mass is 16.1. The molecule has 3 heteroatoms. The Morgan fingerprint density at radius 3 is 2.38 bits per heavy atom. The van der Waals surface area contributed by atoms with Gasteiger partial charge < -0.3 is 0 Å². The van der Waals surface area contributed by atoms with Crippen LogP contribution in [-0.4, -0.2) is 16.0 Å². The molecule has 2 aliphatic carbocycles. The zero-order chi connectivity index (χ0) is 11.8. The second-order valence-electron chi connectivity index (χ2n) is 5.68. The smallest absolute Gasteiger partial charge is 0.139 e. The van der Waals surface area contributed by atoms with E-state index in [4.69, 9.17) is 0 Å². The van der Waals surface area contributed by atoms with Crippen molar-refractivity contribution in [1.82, 2.24) is 10.2 Å². The summed E-state index contributed by atoms with van der Waals surface area (Å²) in [5.41, 5.74) is 0.307. The van der Waals surface area contributed by atoms with Gasteiger partial charge in [-0.15, -0.1) is 0 Å².